The van der Waals surface area contributed by atoms with E-state index in [9.17, 15) is 13.2 Å². The number of anilines is 1. The molecule has 0 aliphatic heterocycles. The van der Waals surface area contributed by atoms with Crippen molar-refractivity contribution in [2.75, 3.05) is 5.73 Å². The molecule has 0 spiro atoms. The van der Waals surface area contributed by atoms with Gasteiger partial charge in [0.1, 0.15) is 17.5 Å². The van der Waals surface area contributed by atoms with E-state index >= 15 is 0 Å². The molecule has 1 aromatic heterocycles. The number of nitrogens with two attached hydrogens (primary N) is 1. The van der Waals surface area contributed by atoms with Crippen molar-refractivity contribution in [3.63, 3.8) is 0 Å². The zero-order valence-electron chi connectivity index (χ0n) is 11.2. The van der Waals surface area contributed by atoms with E-state index in [0.29, 0.717) is 15.6 Å². The third-order valence-corrected chi connectivity index (χ3v) is 4.15. The molecule has 23 heavy (non-hydrogen) atoms. The SMILES string of the molecule is N#Cc1c(N)nc(SCc2ccc(Cl)cc2Cl)nc1C(F)(F)F. The number of nitrogen functional groups attached to an aromatic ring is 1. The first kappa shape index (κ1) is 17.7. The first-order valence-electron chi connectivity index (χ1n) is 5.94. The second kappa shape index (κ2) is 6.83. The monoisotopic (exact) mass is 378 g/mol. The average Bonchev–Trinajstić information content (AvgIpc) is 2.44. The standard InChI is InChI=1S/C13H7Cl2F3N4S/c14-7-2-1-6(9(15)3-7)5-23-12-21-10(13(16,17)18)8(4-19)11(20)22-12/h1-3H,5H2,(H2,20,21,22). The number of hydrogen-bond donors (Lipinski definition) is 1. The van der Waals surface area contributed by atoms with Crippen LogP contribution in [0.1, 0.15) is 16.8 Å². The van der Waals surface area contributed by atoms with Crippen LogP contribution in [0, 0.1) is 11.3 Å². The Bertz CT molecular complexity index is 790. The fraction of sp³-hybridized carbons (Fsp3) is 0.154. The predicted molar refractivity (Wildman–Crippen MR) is 82.2 cm³/mol. The minimum Gasteiger partial charge on any atom is -0.382 e. The van der Waals surface area contributed by atoms with E-state index in [2.05, 4.69) is 9.97 Å². The van der Waals surface area contributed by atoms with Crippen LogP contribution in [0.4, 0.5) is 19.0 Å². The summed E-state index contributed by atoms with van der Waals surface area (Å²) in [5, 5.41) is 9.41. The maximum absolute atomic E-state index is 12.9. The maximum atomic E-state index is 12.9. The summed E-state index contributed by atoms with van der Waals surface area (Å²) >= 11 is 12.7. The highest BCUT2D eigenvalue weighted by Crippen LogP contribution is 2.34. The molecule has 1 heterocycles. The average molecular weight is 379 g/mol. The number of aromatic nitrogens is 2. The molecule has 4 nitrogen and oxygen atoms in total. The quantitative estimate of drug-likeness (QED) is 0.626. The molecule has 0 unspecified atom stereocenters. The van der Waals surface area contributed by atoms with Crippen LogP contribution in [0.25, 0.3) is 0 Å². The molecule has 2 aromatic rings. The van der Waals surface area contributed by atoms with Gasteiger partial charge in [-0.3, -0.25) is 0 Å². The van der Waals surface area contributed by atoms with Crippen LogP contribution in [-0.2, 0) is 11.9 Å². The van der Waals surface area contributed by atoms with Crippen LogP contribution in [0.2, 0.25) is 10.0 Å². The lowest BCUT2D eigenvalue weighted by atomic mass is 10.2. The number of nitrogens with zero attached hydrogens (tertiary/aromatic N) is 3. The minimum atomic E-state index is -4.80. The van der Waals surface area contributed by atoms with Gasteiger partial charge in [-0.15, -0.1) is 0 Å². The van der Waals surface area contributed by atoms with E-state index in [1.165, 1.54) is 12.1 Å². The predicted octanol–water partition coefficient (Wildman–Crippen LogP) is 4.55. The van der Waals surface area contributed by atoms with Crippen LogP contribution in [0.15, 0.2) is 23.4 Å². The van der Waals surface area contributed by atoms with E-state index in [4.69, 9.17) is 34.2 Å². The summed E-state index contributed by atoms with van der Waals surface area (Å²) in [5.41, 5.74) is 3.94. The fourth-order valence-electron chi connectivity index (χ4n) is 1.62. The number of hydrogen-bond acceptors (Lipinski definition) is 5. The lowest BCUT2D eigenvalue weighted by Gasteiger charge is -2.11. The van der Waals surface area contributed by atoms with Gasteiger partial charge in [0.2, 0.25) is 0 Å². The van der Waals surface area contributed by atoms with Crippen LogP contribution in [0.5, 0.6) is 0 Å². The smallest absolute Gasteiger partial charge is 0.382 e. The number of benzene rings is 1. The highest BCUT2D eigenvalue weighted by molar-refractivity contribution is 7.98. The van der Waals surface area contributed by atoms with E-state index in [0.717, 1.165) is 11.8 Å². The van der Waals surface area contributed by atoms with Crippen molar-refractivity contribution in [2.45, 2.75) is 17.1 Å². The van der Waals surface area contributed by atoms with Crippen molar-refractivity contribution >= 4 is 40.8 Å². The van der Waals surface area contributed by atoms with Gasteiger partial charge in [0.25, 0.3) is 0 Å². The number of alkyl halides is 3. The van der Waals surface area contributed by atoms with Crippen LogP contribution in [0.3, 0.4) is 0 Å². The molecule has 0 fully saturated rings. The Labute approximate surface area is 143 Å². The highest BCUT2D eigenvalue weighted by Gasteiger charge is 2.37. The van der Waals surface area contributed by atoms with Gasteiger partial charge >= 0.3 is 6.18 Å². The Morgan fingerprint density at radius 1 is 1.26 bits per heavy atom. The van der Waals surface area contributed by atoms with Crippen molar-refractivity contribution < 1.29 is 13.2 Å². The van der Waals surface area contributed by atoms with Gasteiger partial charge in [0.05, 0.1) is 0 Å². The van der Waals surface area contributed by atoms with Gasteiger partial charge in [0.15, 0.2) is 10.9 Å². The topological polar surface area (TPSA) is 75.6 Å². The normalized spacial score (nSPS) is 11.3. The van der Waals surface area contributed by atoms with Gasteiger partial charge in [-0.05, 0) is 17.7 Å². The summed E-state index contributed by atoms with van der Waals surface area (Å²) in [6.07, 6.45) is -4.80. The molecule has 10 heteroatoms. The first-order valence-corrected chi connectivity index (χ1v) is 7.68. The lowest BCUT2D eigenvalue weighted by Crippen LogP contribution is -2.14. The van der Waals surface area contributed by atoms with E-state index in [1.54, 1.807) is 12.1 Å². The van der Waals surface area contributed by atoms with Crippen LogP contribution < -0.4 is 5.73 Å². The van der Waals surface area contributed by atoms with Crippen molar-refractivity contribution in [1.29, 1.82) is 5.26 Å². The fourth-order valence-corrected chi connectivity index (χ4v) is 3.03. The molecule has 2 rings (SSSR count). The Morgan fingerprint density at radius 3 is 2.52 bits per heavy atom. The summed E-state index contributed by atoms with van der Waals surface area (Å²) < 4.78 is 38.8. The van der Waals surface area contributed by atoms with E-state index < -0.39 is 23.3 Å². The molecular weight excluding hydrogens is 372 g/mol. The molecule has 0 atom stereocenters. The van der Waals surface area contributed by atoms with E-state index in [-0.39, 0.29) is 10.9 Å². The molecule has 0 saturated carbocycles. The molecule has 0 saturated heterocycles. The van der Waals surface area contributed by atoms with Gasteiger partial charge in [-0.1, -0.05) is 41.0 Å². The third kappa shape index (κ3) is 4.19. The molecule has 0 radical (unpaired) electrons. The number of halogens is 5. The molecule has 0 aliphatic carbocycles. The van der Waals surface area contributed by atoms with Crippen molar-refractivity contribution in [3.8, 4) is 6.07 Å². The summed E-state index contributed by atoms with van der Waals surface area (Å²) in [5.74, 6) is -0.293. The van der Waals surface area contributed by atoms with Crippen molar-refractivity contribution in [2.24, 2.45) is 0 Å². The molecular formula is C13H7Cl2F3N4S. The molecule has 1 aromatic carbocycles. The maximum Gasteiger partial charge on any atom is 0.434 e. The van der Waals surface area contributed by atoms with Crippen molar-refractivity contribution in [3.05, 3.63) is 45.1 Å². The van der Waals surface area contributed by atoms with Gasteiger partial charge in [0, 0.05) is 15.8 Å². The summed E-state index contributed by atoms with van der Waals surface area (Å²) in [6, 6.07) is 6.15. The number of rotatable bonds is 3. The largest absolute Gasteiger partial charge is 0.434 e. The molecule has 120 valence electrons. The van der Waals surface area contributed by atoms with Gasteiger partial charge in [-0.25, -0.2) is 9.97 Å². The second-order valence-electron chi connectivity index (χ2n) is 4.25. The zero-order valence-corrected chi connectivity index (χ0v) is 13.5. The van der Waals surface area contributed by atoms with Crippen LogP contribution >= 0.6 is 35.0 Å². The summed E-state index contributed by atoms with van der Waals surface area (Å²) in [6.45, 7) is 0. The van der Waals surface area contributed by atoms with E-state index in [1.807, 2.05) is 0 Å². The first-order chi connectivity index (χ1) is 10.7. The molecule has 0 aliphatic rings. The minimum absolute atomic E-state index is 0.195. The van der Waals surface area contributed by atoms with Gasteiger partial charge < -0.3 is 5.73 Å². The van der Waals surface area contributed by atoms with Crippen LogP contribution in [-0.4, -0.2) is 9.97 Å². The molecule has 0 bridgehead atoms. The Kier molecular flexibility index (Phi) is 5.24. The van der Waals surface area contributed by atoms with Gasteiger partial charge in [-0.2, -0.15) is 18.4 Å². The Hall–Kier alpha value is -1.69. The second-order valence-corrected chi connectivity index (χ2v) is 6.04. The Balaban J connectivity index is 2.31. The molecule has 2 N–H and O–H groups in total. The highest BCUT2D eigenvalue weighted by atomic mass is 35.5. The van der Waals surface area contributed by atoms with Crippen molar-refractivity contribution in [1.82, 2.24) is 9.97 Å². The number of thioether (sulfide) groups is 1. The lowest BCUT2D eigenvalue weighted by molar-refractivity contribution is -0.141. The Morgan fingerprint density at radius 2 is 1.96 bits per heavy atom. The number of nitriles is 1. The molecule has 0 amide bonds. The summed E-state index contributed by atoms with van der Waals surface area (Å²) in [4.78, 5) is 7.11. The summed E-state index contributed by atoms with van der Waals surface area (Å²) in [7, 11) is 0. The third-order valence-electron chi connectivity index (χ3n) is 2.67. The zero-order chi connectivity index (χ0) is 17.2.